The zero-order chi connectivity index (χ0) is 13.8. The summed E-state index contributed by atoms with van der Waals surface area (Å²) in [5.74, 6) is 0. The molecule has 0 aromatic heterocycles. The zero-order valence-corrected chi connectivity index (χ0v) is 12.9. The Morgan fingerprint density at radius 1 is 1.21 bits per heavy atom. The molecule has 0 atom stereocenters. The highest BCUT2D eigenvalue weighted by Gasteiger charge is 2.18. The van der Waals surface area contributed by atoms with Gasteiger partial charge in [-0.25, -0.2) is 0 Å². The van der Waals surface area contributed by atoms with Crippen LogP contribution in [-0.2, 0) is 12.8 Å². The largest absolute Gasteiger partial charge is 0.369 e. The Morgan fingerprint density at radius 2 is 2.00 bits per heavy atom. The van der Waals surface area contributed by atoms with Crippen LogP contribution in [0.1, 0.15) is 45.2 Å². The second kappa shape index (κ2) is 6.42. The number of hydrogen-bond acceptors (Lipinski definition) is 2. The molecule has 0 unspecified atom stereocenters. The highest BCUT2D eigenvalue weighted by molar-refractivity contribution is 5.57. The van der Waals surface area contributed by atoms with Crippen molar-refractivity contribution in [3.63, 3.8) is 0 Å². The fourth-order valence-electron chi connectivity index (χ4n) is 2.88. The molecule has 2 heteroatoms. The number of rotatable bonds is 5. The summed E-state index contributed by atoms with van der Waals surface area (Å²) in [4.78, 5) is 2.54. The summed E-state index contributed by atoms with van der Waals surface area (Å²) >= 11 is 0. The number of benzene rings is 1. The van der Waals surface area contributed by atoms with Crippen molar-refractivity contribution in [1.29, 1.82) is 0 Å². The average molecular weight is 260 g/mol. The molecule has 2 nitrogen and oxygen atoms in total. The van der Waals surface area contributed by atoms with Crippen LogP contribution in [0.5, 0.6) is 0 Å². The third kappa shape index (κ3) is 3.73. The number of nitrogens with one attached hydrogen (secondary N) is 1. The minimum atomic E-state index is 0.578. The molecule has 2 rings (SSSR count). The van der Waals surface area contributed by atoms with Crippen molar-refractivity contribution in [3.05, 3.63) is 29.3 Å². The first-order valence-electron chi connectivity index (χ1n) is 7.69. The van der Waals surface area contributed by atoms with E-state index in [2.05, 4.69) is 56.1 Å². The topological polar surface area (TPSA) is 15.3 Å². The number of aryl methyl sites for hydroxylation is 1. The van der Waals surface area contributed by atoms with E-state index >= 15 is 0 Å². The molecule has 0 aliphatic carbocycles. The van der Waals surface area contributed by atoms with Crippen LogP contribution in [0, 0.1) is 0 Å². The van der Waals surface area contributed by atoms with Crippen LogP contribution in [0.4, 0.5) is 5.69 Å². The van der Waals surface area contributed by atoms with Gasteiger partial charge in [0, 0.05) is 24.3 Å². The van der Waals surface area contributed by atoms with Crippen LogP contribution in [0.3, 0.4) is 0 Å². The molecular formula is C17H28N2. The molecule has 0 spiro atoms. The number of nitrogens with zero attached hydrogens (tertiary/aromatic N) is 1. The zero-order valence-electron chi connectivity index (χ0n) is 12.9. The average Bonchev–Trinajstić information content (AvgIpc) is 2.37. The van der Waals surface area contributed by atoms with Crippen molar-refractivity contribution < 1.29 is 0 Å². The molecular weight excluding hydrogens is 232 g/mol. The van der Waals surface area contributed by atoms with E-state index < -0.39 is 0 Å². The van der Waals surface area contributed by atoms with E-state index in [4.69, 9.17) is 0 Å². The third-order valence-corrected chi connectivity index (χ3v) is 3.89. The van der Waals surface area contributed by atoms with E-state index in [1.54, 1.807) is 5.56 Å². The maximum Gasteiger partial charge on any atom is 0.0401 e. The van der Waals surface area contributed by atoms with Crippen molar-refractivity contribution in [2.75, 3.05) is 18.0 Å². The lowest BCUT2D eigenvalue weighted by Gasteiger charge is -2.35. The first-order chi connectivity index (χ1) is 9.08. The summed E-state index contributed by atoms with van der Waals surface area (Å²) < 4.78 is 0. The standard InChI is InChI=1S/C17H28N2/c1-13(2)18-10-9-15-7-8-17-16(12-15)6-5-11-19(17)14(3)4/h7-8,12-14,18H,5-6,9-11H2,1-4H3. The molecule has 1 aromatic carbocycles. The minimum absolute atomic E-state index is 0.578. The maximum atomic E-state index is 3.49. The van der Waals surface area contributed by atoms with Crippen molar-refractivity contribution in [3.8, 4) is 0 Å². The molecule has 0 saturated heterocycles. The van der Waals surface area contributed by atoms with Crippen LogP contribution >= 0.6 is 0 Å². The highest BCUT2D eigenvalue weighted by atomic mass is 15.2. The molecule has 1 heterocycles. The van der Waals surface area contributed by atoms with Crippen LogP contribution in [-0.4, -0.2) is 25.2 Å². The van der Waals surface area contributed by atoms with Crippen molar-refractivity contribution in [1.82, 2.24) is 5.32 Å². The fraction of sp³-hybridized carbons (Fsp3) is 0.647. The molecule has 1 aromatic rings. The number of hydrogen-bond donors (Lipinski definition) is 1. The van der Waals surface area contributed by atoms with Gasteiger partial charge in [0.1, 0.15) is 0 Å². The van der Waals surface area contributed by atoms with Gasteiger partial charge in [-0.2, -0.15) is 0 Å². The fourth-order valence-corrected chi connectivity index (χ4v) is 2.88. The van der Waals surface area contributed by atoms with Gasteiger partial charge in [-0.1, -0.05) is 26.0 Å². The third-order valence-electron chi connectivity index (χ3n) is 3.89. The predicted molar refractivity (Wildman–Crippen MR) is 84.1 cm³/mol. The highest BCUT2D eigenvalue weighted by Crippen LogP contribution is 2.29. The van der Waals surface area contributed by atoms with Crippen molar-refractivity contribution >= 4 is 5.69 Å². The van der Waals surface area contributed by atoms with Gasteiger partial charge in [-0.3, -0.25) is 0 Å². The Kier molecular flexibility index (Phi) is 4.87. The summed E-state index contributed by atoms with van der Waals surface area (Å²) in [5, 5.41) is 3.49. The van der Waals surface area contributed by atoms with E-state index in [0.29, 0.717) is 12.1 Å². The summed E-state index contributed by atoms with van der Waals surface area (Å²) in [5.41, 5.74) is 4.47. The SMILES string of the molecule is CC(C)NCCc1ccc2c(c1)CCCN2C(C)C. The molecule has 0 amide bonds. The van der Waals surface area contributed by atoms with Crippen LogP contribution in [0.2, 0.25) is 0 Å². The van der Waals surface area contributed by atoms with Gasteiger partial charge in [-0.05, 0) is 56.8 Å². The quantitative estimate of drug-likeness (QED) is 0.873. The van der Waals surface area contributed by atoms with E-state index in [0.717, 1.165) is 13.0 Å². The predicted octanol–water partition coefficient (Wildman–Crippen LogP) is 3.39. The Hall–Kier alpha value is -1.02. The molecule has 1 N–H and O–H groups in total. The van der Waals surface area contributed by atoms with Gasteiger partial charge in [0.15, 0.2) is 0 Å². The molecule has 0 fully saturated rings. The normalized spacial score (nSPS) is 15.2. The molecule has 19 heavy (non-hydrogen) atoms. The first-order valence-corrected chi connectivity index (χ1v) is 7.69. The second-order valence-corrected chi connectivity index (χ2v) is 6.21. The molecule has 0 bridgehead atoms. The minimum Gasteiger partial charge on any atom is -0.369 e. The van der Waals surface area contributed by atoms with E-state index in [1.165, 1.54) is 30.6 Å². The number of fused-ring (bicyclic) bond motifs is 1. The van der Waals surface area contributed by atoms with Gasteiger partial charge in [0.2, 0.25) is 0 Å². The monoisotopic (exact) mass is 260 g/mol. The van der Waals surface area contributed by atoms with E-state index in [9.17, 15) is 0 Å². The summed E-state index contributed by atoms with van der Waals surface area (Å²) in [6, 6.07) is 8.24. The van der Waals surface area contributed by atoms with Gasteiger partial charge in [0.05, 0.1) is 0 Å². The summed E-state index contributed by atoms with van der Waals surface area (Å²) in [6.45, 7) is 11.3. The smallest absolute Gasteiger partial charge is 0.0401 e. The second-order valence-electron chi connectivity index (χ2n) is 6.21. The maximum absolute atomic E-state index is 3.49. The Bertz CT molecular complexity index is 410. The molecule has 1 aliphatic rings. The van der Waals surface area contributed by atoms with Gasteiger partial charge in [0.25, 0.3) is 0 Å². The molecule has 0 radical (unpaired) electrons. The van der Waals surface area contributed by atoms with Gasteiger partial charge >= 0.3 is 0 Å². The lowest BCUT2D eigenvalue weighted by atomic mass is 9.97. The molecule has 1 aliphatic heterocycles. The van der Waals surface area contributed by atoms with E-state index in [-0.39, 0.29) is 0 Å². The Balaban J connectivity index is 2.06. The Morgan fingerprint density at radius 3 is 2.68 bits per heavy atom. The van der Waals surface area contributed by atoms with Crippen LogP contribution in [0.25, 0.3) is 0 Å². The van der Waals surface area contributed by atoms with E-state index in [1.807, 2.05) is 0 Å². The van der Waals surface area contributed by atoms with Gasteiger partial charge in [-0.15, -0.1) is 0 Å². The van der Waals surface area contributed by atoms with Crippen molar-refractivity contribution in [2.24, 2.45) is 0 Å². The molecule has 106 valence electrons. The summed E-state index contributed by atoms with van der Waals surface area (Å²) in [7, 11) is 0. The van der Waals surface area contributed by atoms with Crippen LogP contribution in [0.15, 0.2) is 18.2 Å². The van der Waals surface area contributed by atoms with Crippen LogP contribution < -0.4 is 10.2 Å². The van der Waals surface area contributed by atoms with Crippen molar-refractivity contribution in [2.45, 2.75) is 59.0 Å². The number of anilines is 1. The molecule has 0 saturated carbocycles. The summed E-state index contributed by atoms with van der Waals surface area (Å²) in [6.07, 6.45) is 3.66. The lowest BCUT2D eigenvalue weighted by molar-refractivity contribution is 0.589. The lowest BCUT2D eigenvalue weighted by Crippen LogP contribution is -2.35. The van der Waals surface area contributed by atoms with Gasteiger partial charge < -0.3 is 10.2 Å². The Labute approximate surface area is 118 Å². The first kappa shape index (κ1) is 14.4.